The van der Waals surface area contributed by atoms with Gasteiger partial charge in [0.1, 0.15) is 0 Å². The Morgan fingerprint density at radius 1 is 0.643 bits per heavy atom. The Hall–Kier alpha value is -1.70. The van der Waals surface area contributed by atoms with Gasteiger partial charge < -0.3 is 0 Å². The molecule has 0 spiro atoms. The number of nitrogens with zero attached hydrogens (tertiary/aromatic N) is 2. The van der Waals surface area contributed by atoms with Gasteiger partial charge in [0.2, 0.25) is 0 Å². The van der Waals surface area contributed by atoms with Gasteiger partial charge in [-0.15, -0.1) is 0 Å². The molecule has 154 valence electrons. The van der Waals surface area contributed by atoms with Crippen LogP contribution in [-0.2, 0) is 12.8 Å². The number of rotatable bonds is 15. The van der Waals surface area contributed by atoms with Gasteiger partial charge in [0.05, 0.1) is 11.9 Å². The molecule has 1 aromatic heterocycles. The lowest BCUT2D eigenvalue weighted by Crippen LogP contribution is -2.03. The lowest BCUT2D eigenvalue weighted by Gasteiger charge is -2.14. The average Bonchev–Trinajstić information content (AvgIpc) is 2.74. The van der Waals surface area contributed by atoms with E-state index >= 15 is 0 Å². The number of aromatic nitrogens is 2. The van der Waals surface area contributed by atoms with E-state index in [-0.39, 0.29) is 0 Å². The van der Waals surface area contributed by atoms with Gasteiger partial charge in [-0.1, -0.05) is 108 Å². The topological polar surface area (TPSA) is 25.8 Å². The third kappa shape index (κ3) is 8.12. The molecule has 0 aliphatic carbocycles. The molecule has 0 aliphatic heterocycles. The molecule has 0 N–H and O–H groups in total. The van der Waals surface area contributed by atoms with Gasteiger partial charge in [0, 0.05) is 5.56 Å². The Morgan fingerprint density at radius 2 is 1.21 bits per heavy atom. The van der Waals surface area contributed by atoms with Gasteiger partial charge in [-0.25, -0.2) is 0 Å². The van der Waals surface area contributed by atoms with Crippen molar-refractivity contribution in [3.8, 4) is 11.3 Å². The molecule has 2 heteroatoms. The van der Waals surface area contributed by atoms with E-state index in [1.54, 1.807) is 0 Å². The van der Waals surface area contributed by atoms with Gasteiger partial charge in [0.15, 0.2) is 0 Å². The van der Waals surface area contributed by atoms with Gasteiger partial charge >= 0.3 is 0 Å². The predicted molar refractivity (Wildman–Crippen MR) is 122 cm³/mol. The number of hydrogen-bond acceptors (Lipinski definition) is 2. The van der Waals surface area contributed by atoms with E-state index in [2.05, 4.69) is 54.4 Å². The quantitative estimate of drug-likeness (QED) is 0.293. The highest BCUT2D eigenvalue weighted by Crippen LogP contribution is 2.26. The molecule has 0 saturated carbocycles. The molecule has 0 atom stereocenters. The zero-order valence-electron chi connectivity index (χ0n) is 18.3. The third-order valence-corrected chi connectivity index (χ3v) is 5.67. The van der Waals surface area contributed by atoms with Crippen LogP contribution in [0.5, 0.6) is 0 Å². The summed E-state index contributed by atoms with van der Waals surface area (Å²) in [5, 5.41) is 8.93. The van der Waals surface area contributed by atoms with Crippen LogP contribution in [0.1, 0.15) is 102 Å². The van der Waals surface area contributed by atoms with Gasteiger partial charge in [-0.05, 0) is 36.8 Å². The number of aryl methyl sites for hydroxylation is 1. The summed E-state index contributed by atoms with van der Waals surface area (Å²) in [6.07, 6.45) is 20.4. The lowest BCUT2D eigenvalue weighted by molar-refractivity contribution is 0.598. The fraction of sp³-hybridized carbons (Fsp3) is 0.615. The Labute approximate surface area is 173 Å². The van der Waals surface area contributed by atoms with Crippen molar-refractivity contribution in [1.29, 1.82) is 0 Å². The first-order chi connectivity index (χ1) is 13.9. The van der Waals surface area contributed by atoms with Crippen molar-refractivity contribution in [3.63, 3.8) is 0 Å². The van der Waals surface area contributed by atoms with E-state index in [0.717, 1.165) is 18.5 Å². The number of unbranched alkanes of at least 4 members (excludes halogenated alkanes) is 10. The first kappa shape index (κ1) is 22.6. The monoisotopic (exact) mass is 380 g/mol. The summed E-state index contributed by atoms with van der Waals surface area (Å²) in [4.78, 5) is 0. The summed E-state index contributed by atoms with van der Waals surface area (Å²) >= 11 is 0. The van der Waals surface area contributed by atoms with Crippen molar-refractivity contribution < 1.29 is 0 Å². The lowest BCUT2D eigenvalue weighted by atomic mass is 9.94. The molecule has 2 nitrogen and oxygen atoms in total. The van der Waals surface area contributed by atoms with Crippen LogP contribution in [0.2, 0.25) is 0 Å². The average molecular weight is 381 g/mol. The Morgan fingerprint density at radius 3 is 1.86 bits per heavy atom. The molecule has 0 radical (unpaired) electrons. The molecule has 0 aliphatic rings. The van der Waals surface area contributed by atoms with Crippen LogP contribution in [0.15, 0.2) is 36.5 Å². The largest absolute Gasteiger partial charge is 0.158 e. The van der Waals surface area contributed by atoms with Crippen LogP contribution >= 0.6 is 0 Å². The van der Waals surface area contributed by atoms with Crippen LogP contribution in [0.4, 0.5) is 0 Å². The van der Waals surface area contributed by atoms with Crippen molar-refractivity contribution in [2.45, 2.75) is 104 Å². The third-order valence-electron chi connectivity index (χ3n) is 5.67. The summed E-state index contributed by atoms with van der Waals surface area (Å²) in [5.41, 5.74) is 5.20. The molecule has 28 heavy (non-hydrogen) atoms. The minimum Gasteiger partial charge on any atom is -0.158 e. The molecule has 1 heterocycles. The zero-order valence-corrected chi connectivity index (χ0v) is 18.3. The molecule has 0 unspecified atom stereocenters. The Bertz CT molecular complexity index is 636. The molecule has 0 bridgehead atoms. The van der Waals surface area contributed by atoms with Gasteiger partial charge in [0.25, 0.3) is 0 Å². The van der Waals surface area contributed by atoms with E-state index in [9.17, 15) is 0 Å². The zero-order chi connectivity index (χ0) is 19.9. The Kier molecular flexibility index (Phi) is 11.6. The summed E-state index contributed by atoms with van der Waals surface area (Å²) < 4.78 is 0. The fourth-order valence-electron chi connectivity index (χ4n) is 3.95. The highest BCUT2D eigenvalue weighted by molar-refractivity contribution is 5.63. The maximum atomic E-state index is 4.56. The summed E-state index contributed by atoms with van der Waals surface area (Å²) in [7, 11) is 0. The second kappa shape index (κ2) is 14.3. The van der Waals surface area contributed by atoms with Crippen LogP contribution in [0, 0.1) is 0 Å². The molecule has 1 aromatic carbocycles. The fourth-order valence-corrected chi connectivity index (χ4v) is 3.95. The molecule has 2 rings (SSSR count). The van der Waals surface area contributed by atoms with Crippen molar-refractivity contribution in [2.24, 2.45) is 0 Å². The van der Waals surface area contributed by atoms with Crippen molar-refractivity contribution in [2.75, 3.05) is 0 Å². The van der Waals surface area contributed by atoms with Crippen LogP contribution in [0.25, 0.3) is 11.3 Å². The first-order valence-corrected chi connectivity index (χ1v) is 11.8. The van der Waals surface area contributed by atoms with Crippen molar-refractivity contribution in [1.82, 2.24) is 10.2 Å². The van der Waals surface area contributed by atoms with E-state index in [4.69, 9.17) is 0 Å². The van der Waals surface area contributed by atoms with Crippen LogP contribution in [0.3, 0.4) is 0 Å². The maximum absolute atomic E-state index is 4.56. The minimum atomic E-state index is 1.11. The van der Waals surface area contributed by atoms with Crippen molar-refractivity contribution in [3.05, 3.63) is 47.7 Å². The molecule has 2 aromatic rings. The number of hydrogen-bond donors (Lipinski definition) is 0. The van der Waals surface area contributed by atoms with Crippen molar-refractivity contribution >= 4 is 0 Å². The highest BCUT2D eigenvalue weighted by atomic mass is 15.1. The van der Waals surface area contributed by atoms with E-state index in [1.165, 1.54) is 93.7 Å². The summed E-state index contributed by atoms with van der Waals surface area (Å²) in [6, 6.07) is 10.6. The smallest absolute Gasteiger partial charge is 0.0964 e. The molecule has 0 fully saturated rings. The number of benzene rings is 1. The van der Waals surface area contributed by atoms with E-state index < -0.39 is 0 Å². The molecule has 0 saturated heterocycles. The van der Waals surface area contributed by atoms with Gasteiger partial charge in [-0.3, -0.25) is 0 Å². The van der Waals surface area contributed by atoms with Crippen LogP contribution in [-0.4, -0.2) is 10.2 Å². The second-order valence-electron chi connectivity index (χ2n) is 8.10. The predicted octanol–water partition coefficient (Wildman–Crippen LogP) is 7.95. The SMILES string of the molecule is CCCCCCCCc1cnnc(-c2ccccc2)c1CCCCCCCC. The highest BCUT2D eigenvalue weighted by Gasteiger charge is 2.12. The normalized spacial score (nSPS) is 11.1. The van der Waals surface area contributed by atoms with Gasteiger partial charge in [-0.2, -0.15) is 10.2 Å². The second-order valence-corrected chi connectivity index (χ2v) is 8.10. The molecular weight excluding hydrogens is 340 g/mol. The summed E-state index contributed by atoms with van der Waals surface area (Å²) in [6.45, 7) is 4.56. The standard InChI is InChI=1S/C26H40N2/c1-3-5-7-9-11-14-20-24-22-27-28-26(23-18-15-13-16-19-23)25(24)21-17-12-10-8-6-4-2/h13,15-16,18-19,22H,3-12,14,17,20-21H2,1-2H3. The molecule has 0 amide bonds. The minimum absolute atomic E-state index is 1.11. The maximum Gasteiger partial charge on any atom is 0.0964 e. The van der Waals surface area contributed by atoms with E-state index in [0.29, 0.717) is 0 Å². The summed E-state index contributed by atoms with van der Waals surface area (Å²) in [5.74, 6) is 0. The first-order valence-electron chi connectivity index (χ1n) is 11.8. The Balaban J connectivity index is 2.01. The molecular formula is C26H40N2. The van der Waals surface area contributed by atoms with Crippen LogP contribution < -0.4 is 0 Å². The van der Waals surface area contributed by atoms with E-state index in [1.807, 2.05) is 6.20 Å².